The molecule has 4 aromatic rings. The van der Waals surface area contributed by atoms with E-state index >= 15 is 0 Å². The Morgan fingerprint density at radius 2 is 1.59 bits per heavy atom. The van der Waals surface area contributed by atoms with Gasteiger partial charge in [-0.25, -0.2) is 4.39 Å². The second kappa shape index (κ2) is 11.7. The van der Waals surface area contributed by atoms with E-state index < -0.39 is 23.5 Å². The summed E-state index contributed by atoms with van der Waals surface area (Å²) >= 11 is 0. The van der Waals surface area contributed by atoms with Crippen LogP contribution < -0.4 is 10.2 Å². The fraction of sp³-hybridized carbons (Fsp3) is 0.161. The van der Waals surface area contributed by atoms with Gasteiger partial charge in [-0.15, -0.1) is 0 Å². The van der Waals surface area contributed by atoms with Crippen molar-refractivity contribution in [1.29, 1.82) is 0 Å². The van der Waals surface area contributed by atoms with E-state index in [1.165, 1.54) is 36.4 Å². The Balaban J connectivity index is 1.13. The smallest absolute Gasteiger partial charge is 0.416 e. The van der Waals surface area contributed by atoms with Crippen molar-refractivity contribution in [2.45, 2.75) is 6.18 Å². The molecule has 0 saturated carbocycles. The highest BCUT2D eigenvalue weighted by Gasteiger charge is 2.30. The van der Waals surface area contributed by atoms with Gasteiger partial charge in [0, 0.05) is 49.2 Å². The van der Waals surface area contributed by atoms with Crippen LogP contribution in [0.3, 0.4) is 0 Å². The maximum Gasteiger partial charge on any atom is 0.416 e. The van der Waals surface area contributed by atoms with E-state index in [4.69, 9.17) is 4.42 Å². The van der Waals surface area contributed by atoms with Crippen LogP contribution in [0, 0.1) is 5.82 Å². The van der Waals surface area contributed by atoms with Crippen molar-refractivity contribution in [3.8, 4) is 11.3 Å². The van der Waals surface area contributed by atoms with E-state index in [2.05, 4.69) is 10.2 Å². The lowest BCUT2D eigenvalue weighted by Crippen LogP contribution is -2.49. The molecule has 0 aliphatic carbocycles. The van der Waals surface area contributed by atoms with Gasteiger partial charge in [0.15, 0.2) is 0 Å². The Morgan fingerprint density at radius 3 is 2.29 bits per heavy atom. The van der Waals surface area contributed by atoms with Gasteiger partial charge in [0.05, 0.1) is 11.1 Å². The molecule has 1 aliphatic rings. The molecule has 2 heterocycles. The quantitative estimate of drug-likeness (QED) is 0.209. The average Bonchev–Trinajstić information content (AvgIpc) is 3.45. The summed E-state index contributed by atoms with van der Waals surface area (Å²) in [4.78, 5) is 28.8. The third-order valence-corrected chi connectivity index (χ3v) is 6.67. The molecule has 6 nitrogen and oxygen atoms in total. The van der Waals surface area contributed by atoms with Crippen molar-refractivity contribution >= 4 is 29.3 Å². The predicted molar refractivity (Wildman–Crippen MR) is 148 cm³/mol. The van der Waals surface area contributed by atoms with Crippen molar-refractivity contribution in [3.05, 3.63) is 114 Å². The Hall–Kier alpha value is -4.86. The first-order chi connectivity index (χ1) is 19.7. The van der Waals surface area contributed by atoms with Crippen LogP contribution in [-0.2, 0) is 11.0 Å². The predicted octanol–water partition coefficient (Wildman–Crippen LogP) is 6.72. The topological polar surface area (TPSA) is 65.8 Å². The number of hydrogen-bond acceptors (Lipinski definition) is 4. The number of nitrogens with one attached hydrogen (secondary N) is 1. The molecule has 1 aromatic heterocycles. The lowest BCUT2D eigenvalue weighted by Gasteiger charge is -2.36. The minimum Gasteiger partial charge on any atom is -0.457 e. The number of benzene rings is 3. The number of hydrogen-bond donors (Lipinski definition) is 1. The zero-order valence-corrected chi connectivity index (χ0v) is 21.7. The first-order valence-corrected chi connectivity index (χ1v) is 12.8. The third kappa shape index (κ3) is 6.66. The summed E-state index contributed by atoms with van der Waals surface area (Å²) in [5.74, 6) is -0.693. The average molecular weight is 564 g/mol. The van der Waals surface area contributed by atoms with Crippen LogP contribution in [0.15, 0.2) is 95.4 Å². The highest BCUT2D eigenvalue weighted by molar-refractivity contribution is 6.01. The van der Waals surface area contributed by atoms with Crippen molar-refractivity contribution < 1.29 is 31.6 Å². The summed E-state index contributed by atoms with van der Waals surface area (Å²) in [5, 5.41) is 2.75. The van der Waals surface area contributed by atoms with Crippen LogP contribution in [0.1, 0.15) is 21.7 Å². The van der Waals surface area contributed by atoms with Gasteiger partial charge in [-0.05, 0) is 66.7 Å². The van der Waals surface area contributed by atoms with Crippen LogP contribution in [-0.4, -0.2) is 42.9 Å². The molecular formula is C31H25F4N3O3. The van der Waals surface area contributed by atoms with Crippen molar-refractivity contribution in [1.82, 2.24) is 4.90 Å². The lowest BCUT2D eigenvalue weighted by molar-refractivity contribution is -0.137. The van der Waals surface area contributed by atoms with Gasteiger partial charge in [-0.3, -0.25) is 9.59 Å². The molecule has 5 rings (SSSR count). The minimum absolute atomic E-state index is 0.0679. The van der Waals surface area contributed by atoms with Crippen LogP contribution in [0.5, 0.6) is 0 Å². The number of amides is 2. The molecule has 2 amide bonds. The summed E-state index contributed by atoms with van der Waals surface area (Å²) in [6, 6.07) is 21.1. The number of piperazine rings is 1. The van der Waals surface area contributed by atoms with Crippen LogP contribution in [0.25, 0.3) is 17.4 Å². The molecular weight excluding hydrogens is 538 g/mol. The number of halogens is 4. The number of carbonyl (C=O) groups is 2. The largest absolute Gasteiger partial charge is 0.457 e. The Labute approximate surface area is 233 Å². The Morgan fingerprint density at radius 1 is 0.854 bits per heavy atom. The standard InChI is InChI=1S/C31H25F4N3O3/c32-27-7-2-1-6-26(27)30(40)38-18-16-37(17-19-38)24-10-8-23(9-11-24)36-29(39)15-13-25-12-14-28(41-25)21-4-3-5-22(20-21)31(33,34)35/h1-15,20H,16-19H2,(H,36,39)/b15-13+. The highest BCUT2D eigenvalue weighted by Crippen LogP contribution is 2.32. The third-order valence-electron chi connectivity index (χ3n) is 6.67. The van der Waals surface area contributed by atoms with Gasteiger partial charge in [0.25, 0.3) is 5.91 Å². The van der Waals surface area contributed by atoms with Crippen LogP contribution in [0.4, 0.5) is 28.9 Å². The van der Waals surface area contributed by atoms with Crippen molar-refractivity contribution in [2.75, 3.05) is 36.4 Å². The lowest BCUT2D eigenvalue weighted by atomic mass is 10.1. The zero-order valence-electron chi connectivity index (χ0n) is 21.7. The number of nitrogens with zero attached hydrogens (tertiary/aromatic N) is 2. The zero-order chi connectivity index (χ0) is 29.0. The summed E-state index contributed by atoms with van der Waals surface area (Å²) in [6.07, 6.45) is -1.75. The van der Waals surface area contributed by atoms with Crippen LogP contribution >= 0.6 is 0 Å². The first kappa shape index (κ1) is 27.7. The molecule has 1 N–H and O–H groups in total. The van der Waals surface area contributed by atoms with Gasteiger partial charge in [0.1, 0.15) is 17.3 Å². The van der Waals surface area contributed by atoms with Crippen molar-refractivity contribution in [2.24, 2.45) is 0 Å². The van der Waals surface area contributed by atoms with E-state index in [0.717, 1.165) is 17.8 Å². The Bertz CT molecular complexity index is 1570. The second-order valence-corrected chi connectivity index (χ2v) is 9.41. The van der Waals surface area contributed by atoms with E-state index in [9.17, 15) is 27.2 Å². The fourth-order valence-electron chi connectivity index (χ4n) is 4.52. The fourth-order valence-corrected chi connectivity index (χ4v) is 4.52. The summed E-state index contributed by atoms with van der Waals surface area (Å²) in [7, 11) is 0. The first-order valence-electron chi connectivity index (χ1n) is 12.8. The van der Waals surface area contributed by atoms with Gasteiger partial charge in [-0.2, -0.15) is 13.2 Å². The molecule has 1 fully saturated rings. The molecule has 41 heavy (non-hydrogen) atoms. The van der Waals surface area contributed by atoms with Gasteiger partial charge < -0.3 is 19.5 Å². The molecule has 0 spiro atoms. The normalized spacial score (nSPS) is 14.0. The monoisotopic (exact) mass is 563 g/mol. The molecule has 0 bridgehead atoms. The number of anilines is 2. The van der Waals surface area contributed by atoms with Crippen LogP contribution in [0.2, 0.25) is 0 Å². The molecule has 3 aromatic carbocycles. The van der Waals surface area contributed by atoms with E-state index in [1.807, 2.05) is 12.1 Å². The van der Waals surface area contributed by atoms with Gasteiger partial charge in [0.2, 0.25) is 5.91 Å². The summed E-state index contributed by atoms with van der Waals surface area (Å²) < 4.78 is 58.5. The van der Waals surface area contributed by atoms with E-state index in [0.29, 0.717) is 37.6 Å². The molecule has 0 radical (unpaired) electrons. The molecule has 10 heteroatoms. The minimum atomic E-state index is -4.46. The maximum absolute atomic E-state index is 14.0. The van der Waals surface area contributed by atoms with Gasteiger partial charge in [-0.1, -0.05) is 24.3 Å². The van der Waals surface area contributed by atoms with Crippen molar-refractivity contribution in [3.63, 3.8) is 0 Å². The molecule has 0 unspecified atom stereocenters. The second-order valence-electron chi connectivity index (χ2n) is 9.41. The summed E-state index contributed by atoms with van der Waals surface area (Å²) in [5.41, 5.74) is 1.07. The summed E-state index contributed by atoms with van der Waals surface area (Å²) in [6.45, 7) is 2.08. The number of furan rings is 1. The molecule has 1 saturated heterocycles. The maximum atomic E-state index is 14.0. The molecule has 1 aliphatic heterocycles. The molecule has 210 valence electrons. The molecule has 0 atom stereocenters. The number of rotatable bonds is 6. The van der Waals surface area contributed by atoms with Gasteiger partial charge >= 0.3 is 6.18 Å². The number of alkyl halides is 3. The van der Waals surface area contributed by atoms with E-state index in [-0.39, 0.29) is 22.8 Å². The number of carbonyl (C=O) groups excluding carboxylic acids is 2. The highest BCUT2D eigenvalue weighted by atomic mass is 19.4. The Kier molecular flexibility index (Phi) is 7.91. The van der Waals surface area contributed by atoms with E-state index in [1.54, 1.807) is 41.3 Å². The SMILES string of the molecule is O=C(/C=C/c1ccc(-c2cccc(C(F)(F)F)c2)o1)Nc1ccc(N2CCN(C(=O)c3ccccc3F)CC2)cc1.